The summed E-state index contributed by atoms with van der Waals surface area (Å²) in [6.07, 6.45) is 0.259. The van der Waals surface area contributed by atoms with Crippen molar-refractivity contribution in [1.29, 1.82) is 0 Å². The van der Waals surface area contributed by atoms with E-state index in [-0.39, 0.29) is 29.5 Å². The minimum atomic E-state index is -4.29. The number of sulfonamides is 1. The molecule has 7 nitrogen and oxygen atoms in total. The molecular weight excluding hydrogens is 576 g/mol. The number of nitrogens with one attached hydrogen (secondary N) is 1. The van der Waals surface area contributed by atoms with Crippen molar-refractivity contribution in [2.24, 2.45) is 0 Å². The van der Waals surface area contributed by atoms with Gasteiger partial charge in [0.25, 0.3) is 10.0 Å². The third-order valence-corrected chi connectivity index (χ3v) is 8.34. The van der Waals surface area contributed by atoms with Crippen molar-refractivity contribution >= 4 is 50.7 Å². The second-order valence-corrected chi connectivity index (χ2v) is 12.9. The molecule has 1 N–H and O–H groups in total. The van der Waals surface area contributed by atoms with Gasteiger partial charge in [-0.15, -0.1) is 0 Å². The molecule has 3 aromatic carbocycles. The molecule has 0 fully saturated rings. The first-order valence-electron chi connectivity index (χ1n) is 12.6. The topological polar surface area (TPSA) is 86.8 Å². The first kappa shape index (κ1) is 31.4. The molecule has 1 atom stereocenters. The van der Waals surface area contributed by atoms with Gasteiger partial charge in [0.15, 0.2) is 0 Å². The lowest BCUT2D eigenvalue weighted by atomic mass is 10.1. The third kappa shape index (κ3) is 7.96. The summed E-state index contributed by atoms with van der Waals surface area (Å²) in [4.78, 5) is 28.5. The van der Waals surface area contributed by atoms with Crippen LogP contribution in [0, 0.1) is 5.82 Å². The zero-order valence-electron chi connectivity index (χ0n) is 22.7. The molecule has 214 valence electrons. The van der Waals surface area contributed by atoms with Gasteiger partial charge in [0.05, 0.1) is 10.6 Å². The standard InChI is InChI=1S/C29H32Cl2FN3O4S/c1-5-26(28(37)33-29(2,3)4)34(18-20-11-12-21(30)17-25(20)31)27(36)19-35(23-9-7-6-8-10-23)40(38,39)24-15-13-22(32)14-16-24/h6-17,26H,5,18-19H2,1-4H3,(H,33,37)/t26-/m0/s1. The fraction of sp³-hybridized carbons (Fsp3) is 0.310. The number of para-hydroxylation sites is 1. The van der Waals surface area contributed by atoms with Crippen molar-refractivity contribution < 1.29 is 22.4 Å². The van der Waals surface area contributed by atoms with E-state index in [0.717, 1.165) is 28.6 Å². The van der Waals surface area contributed by atoms with Crippen molar-refractivity contribution in [3.05, 3.63) is 94.2 Å². The van der Waals surface area contributed by atoms with Gasteiger partial charge in [0.2, 0.25) is 11.8 Å². The Kier molecular flexibility index (Phi) is 10.2. The number of anilines is 1. The van der Waals surface area contributed by atoms with Crippen LogP contribution >= 0.6 is 23.2 Å². The number of benzene rings is 3. The average Bonchev–Trinajstić information content (AvgIpc) is 2.88. The van der Waals surface area contributed by atoms with Crippen molar-refractivity contribution in [3.8, 4) is 0 Å². The van der Waals surface area contributed by atoms with E-state index in [0.29, 0.717) is 15.6 Å². The Bertz CT molecular complexity index is 1450. The second-order valence-electron chi connectivity index (χ2n) is 10.2. The van der Waals surface area contributed by atoms with Gasteiger partial charge in [-0.25, -0.2) is 12.8 Å². The summed E-state index contributed by atoms with van der Waals surface area (Å²) in [5.74, 6) is -1.61. The molecule has 2 amide bonds. The Balaban J connectivity index is 2.07. The van der Waals surface area contributed by atoms with Crippen LogP contribution in [0.1, 0.15) is 39.7 Å². The zero-order chi connectivity index (χ0) is 29.7. The van der Waals surface area contributed by atoms with E-state index in [1.807, 2.05) is 20.8 Å². The molecule has 0 saturated heterocycles. The lowest BCUT2D eigenvalue weighted by Gasteiger charge is -2.35. The number of amides is 2. The first-order valence-corrected chi connectivity index (χ1v) is 14.8. The Hall–Kier alpha value is -3.14. The number of hydrogen-bond donors (Lipinski definition) is 1. The number of halogens is 3. The highest BCUT2D eigenvalue weighted by Crippen LogP contribution is 2.27. The third-order valence-electron chi connectivity index (χ3n) is 5.96. The fourth-order valence-electron chi connectivity index (χ4n) is 4.06. The predicted octanol–water partition coefficient (Wildman–Crippen LogP) is 6.05. The number of rotatable bonds is 10. The highest BCUT2D eigenvalue weighted by atomic mass is 35.5. The average molecular weight is 609 g/mol. The molecule has 0 aliphatic rings. The van der Waals surface area contributed by atoms with Crippen LogP contribution in [0.5, 0.6) is 0 Å². The van der Waals surface area contributed by atoms with E-state index in [1.54, 1.807) is 49.4 Å². The van der Waals surface area contributed by atoms with Crippen LogP contribution < -0.4 is 9.62 Å². The van der Waals surface area contributed by atoms with Gasteiger partial charge in [0.1, 0.15) is 18.4 Å². The largest absolute Gasteiger partial charge is 0.350 e. The van der Waals surface area contributed by atoms with E-state index in [2.05, 4.69) is 5.32 Å². The maximum atomic E-state index is 14.0. The van der Waals surface area contributed by atoms with E-state index in [1.165, 1.54) is 11.0 Å². The molecule has 0 radical (unpaired) electrons. The van der Waals surface area contributed by atoms with Crippen LogP contribution in [0.25, 0.3) is 0 Å². The van der Waals surface area contributed by atoms with Crippen LogP contribution in [-0.4, -0.2) is 43.3 Å². The molecule has 0 aliphatic heterocycles. The lowest BCUT2D eigenvalue weighted by molar-refractivity contribution is -0.141. The Morgan fingerprint density at radius 2 is 1.60 bits per heavy atom. The summed E-state index contributed by atoms with van der Waals surface area (Å²) < 4.78 is 42.0. The quantitative estimate of drug-likeness (QED) is 0.304. The summed E-state index contributed by atoms with van der Waals surface area (Å²) in [7, 11) is -4.29. The molecule has 3 aromatic rings. The molecule has 0 saturated carbocycles. The predicted molar refractivity (Wildman–Crippen MR) is 156 cm³/mol. The maximum Gasteiger partial charge on any atom is 0.264 e. The molecule has 0 aliphatic carbocycles. The summed E-state index contributed by atoms with van der Waals surface area (Å²) in [6.45, 7) is 6.56. The molecule has 0 spiro atoms. The second kappa shape index (κ2) is 13.0. The van der Waals surface area contributed by atoms with Crippen molar-refractivity contribution in [3.63, 3.8) is 0 Å². The van der Waals surface area contributed by atoms with Gasteiger partial charge in [-0.05, 0) is 81.3 Å². The lowest BCUT2D eigenvalue weighted by Crippen LogP contribution is -2.55. The van der Waals surface area contributed by atoms with Gasteiger partial charge in [-0.3, -0.25) is 13.9 Å². The smallest absolute Gasteiger partial charge is 0.264 e. The van der Waals surface area contributed by atoms with Gasteiger partial charge < -0.3 is 10.2 Å². The Morgan fingerprint density at radius 3 is 2.15 bits per heavy atom. The van der Waals surface area contributed by atoms with Crippen LogP contribution in [0.3, 0.4) is 0 Å². The van der Waals surface area contributed by atoms with E-state index in [4.69, 9.17) is 23.2 Å². The van der Waals surface area contributed by atoms with Crippen LogP contribution in [0.15, 0.2) is 77.7 Å². The minimum absolute atomic E-state index is 0.0653. The highest BCUT2D eigenvalue weighted by molar-refractivity contribution is 7.92. The SMILES string of the molecule is CC[C@@H](C(=O)NC(C)(C)C)N(Cc1ccc(Cl)cc1Cl)C(=O)CN(c1ccccc1)S(=O)(=O)c1ccc(F)cc1. The Labute approximate surface area is 244 Å². The molecule has 40 heavy (non-hydrogen) atoms. The van der Waals surface area contributed by atoms with Crippen LogP contribution in [0.4, 0.5) is 10.1 Å². The summed E-state index contributed by atoms with van der Waals surface area (Å²) in [6, 6.07) is 16.4. The monoisotopic (exact) mass is 607 g/mol. The van der Waals surface area contributed by atoms with E-state index < -0.39 is 39.9 Å². The van der Waals surface area contributed by atoms with Crippen molar-refractivity contribution in [2.45, 2.75) is 57.1 Å². The zero-order valence-corrected chi connectivity index (χ0v) is 25.0. The van der Waals surface area contributed by atoms with Crippen LogP contribution in [0.2, 0.25) is 10.0 Å². The molecule has 0 heterocycles. The number of hydrogen-bond acceptors (Lipinski definition) is 4. The van der Waals surface area contributed by atoms with Crippen molar-refractivity contribution in [2.75, 3.05) is 10.8 Å². The molecule has 11 heteroatoms. The number of carbonyl (C=O) groups excluding carboxylic acids is 2. The van der Waals surface area contributed by atoms with Crippen LogP contribution in [-0.2, 0) is 26.2 Å². The molecule has 0 unspecified atom stereocenters. The normalized spacial score (nSPS) is 12.5. The van der Waals surface area contributed by atoms with Gasteiger partial charge in [-0.2, -0.15) is 0 Å². The number of nitrogens with zero attached hydrogens (tertiary/aromatic N) is 2. The Morgan fingerprint density at radius 1 is 0.975 bits per heavy atom. The minimum Gasteiger partial charge on any atom is -0.350 e. The van der Waals surface area contributed by atoms with E-state index >= 15 is 0 Å². The molecule has 0 aromatic heterocycles. The molecular formula is C29H32Cl2FN3O4S. The molecule has 0 bridgehead atoms. The maximum absolute atomic E-state index is 14.0. The summed E-state index contributed by atoms with van der Waals surface area (Å²) in [5, 5.41) is 3.62. The summed E-state index contributed by atoms with van der Waals surface area (Å²) >= 11 is 12.5. The summed E-state index contributed by atoms with van der Waals surface area (Å²) in [5.41, 5.74) is 0.199. The highest BCUT2D eigenvalue weighted by Gasteiger charge is 2.34. The van der Waals surface area contributed by atoms with Gasteiger partial charge in [-0.1, -0.05) is 54.4 Å². The van der Waals surface area contributed by atoms with Gasteiger partial charge in [0, 0.05) is 22.1 Å². The van der Waals surface area contributed by atoms with Crippen molar-refractivity contribution in [1.82, 2.24) is 10.2 Å². The number of carbonyl (C=O) groups is 2. The van der Waals surface area contributed by atoms with E-state index in [9.17, 15) is 22.4 Å². The first-order chi connectivity index (χ1) is 18.7. The fourth-order valence-corrected chi connectivity index (χ4v) is 5.95. The molecule has 3 rings (SSSR count). The van der Waals surface area contributed by atoms with Gasteiger partial charge >= 0.3 is 0 Å².